The van der Waals surface area contributed by atoms with E-state index in [4.69, 9.17) is 28.4 Å². The smallest absolute Gasteiger partial charge is 0.229 e. The second kappa shape index (κ2) is 12.5. The van der Waals surface area contributed by atoms with Crippen molar-refractivity contribution in [3.63, 3.8) is 0 Å². The van der Waals surface area contributed by atoms with E-state index in [-0.39, 0.29) is 47.2 Å². The molecule has 2 aromatic rings. The van der Waals surface area contributed by atoms with Gasteiger partial charge in [0.1, 0.15) is 77.4 Å². The summed E-state index contributed by atoms with van der Waals surface area (Å²) in [5, 5.41) is 72.4. The van der Waals surface area contributed by atoms with Crippen LogP contribution >= 0.6 is 0 Å². The Kier molecular flexibility index (Phi) is 9.13. The fourth-order valence-corrected chi connectivity index (χ4v) is 5.40. The zero-order valence-electron chi connectivity index (χ0n) is 23.7. The first-order valence-corrected chi connectivity index (χ1v) is 13.8. The molecule has 0 aromatic heterocycles. The van der Waals surface area contributed by atoms with Crippen LogP contribution in [0, 0.1) is 13.8 Å². The highest BCUT2D eigenvalue weighted by Gasteiger charge is 2.47. The van der Waals surface area contributed by atoms with E-state index >= 15 is 0 Å². The van der Waals surface area contributed by atoms with Crippen molar-refractivity contribution < 1.29 is 69.0 Å². The van der Waals surface area contributed by atoms with Gasteiger partial charge in [-0.15, -0.1) is 0 Å². The second-order valence-corrected chi connectivity index (χ2v) is 10.9. The average Bonchev–Trinajstić information content (AvgIpc) is 3.00. The molecule has 3 heterocycles. The number of aliphatic hydroxyl groups excluding tert-OH is 6. The van der Waals surface area contributed by atoms with Gasteiger partial charge in [0.05, 0.1) is 26.7 Å². The number of hydrogen-bond acceptors (Lipinski definition) is 14. The van der Waals surface area contributed by atoms with Crippen molar-refractivity contribution in [2.45, 2.75) is 81.7 Å². The summed E-state index contributed by atoms with van der Waals surface area (Å²) in [6, 6.07) is 7.01. The first kappa shape index (κ1) is 31.4. The molecule has 14 heteroatoms. The number of phenols is 1. The zero-order valence-corrected chi connectivity index (χ0v) is 23.7. The van der Waals surface area contributed by atoms with Crippen molar-refractivity contribution >= 4 is 5.78 Å². The fraction of sp³-hybridized carbons (Fsp3) is 0.552. The molecule has 0 amide bonds. The molecule has 2 saturated heterocycles. The van der Waals surface area contributed by atoms with Gasteiger partial charge in [0.2, 0.25) is 6.29 Å². The third-order valence-electron chi connectivity index (χ3n) is 8.02. The van der Waals surface area contributed by atoms with Crippen molar-refractivity contribution in [2.24, 2.45) is 0 Å². The molecule has 10 atom stereocenters. The maximum atomic E-state index is 13.2. The number of hydrogen-bond donors (Lipinski definition) is 7. The lowest BCUT2D eigenvalue weighted by Gasteiger charge is -2.41. The Morgan fingerprint density at radius 3 is 2.23 bits per heavy atom. The molecular weight excluding hydrogens is 572 g/mol. The molecule has 0 spiro atoms. The molecule has 14 nitrogen and oxygen atoms in total. The van der Waals surface area contributed by atoms with Crippen molar-refractivity contribution in [3.05, 3.63) is 46.5 Å². The summed E-state index contributed by atoms with van der Waals surface area (Å²) in [4.78, 5) is 13.2. The monoisotopic (exact) mass is 608 g/mol. The minimum Gasteiger partial charge on any atom is -0.507 e. The van der Waals surface area contributed by atoms with E-state index in [0.717, 1.165) is 0 Å². The van der Waals surface area contributed by atoms with Crippen LogP contribution in [0.4, 0.5) is 0 Å². The Balaban J connectivity index is 1.36. The van der Waals surface area contributed by atoms with Gasteiger partial charge in [-0.2, -0.15) is 0 Å². The Hall–Kier alpha value is -3.05. The lowest BCUT2D eigenvalue weighted by Crippen LogP contribution is -2.61. The number of phenolic OH excluding ortho intramolecular Hbond substituents is 1. The van der Waals surface area contributed by atoms with Crippen molar-refractivity contribution in [1.29, 1.82) is 0 Å². The van der Waals surface area contributed by atoms with Crippen LogP contribution in [0.15, 0.2) is 24.3 Å². The predicted octanol–water partition coefficient (Wildman–Crippen LogP) is -0.634. The van der Waals surface area contributed by atoms with Gasteiger partial charge in [0.15, 0.2) is 12.1 Å². The first-order chi connectivity index (χ1) is 20.4. The van der Waals surface area contributed by atoms with Crippen LogP contribution in [-0.4, -0.2) is 117 Å². The number of Topliss-reactive ketones (excluding diaryl/α,β-unsaturated/α-hetero) is 1. The lowest BCUT2D eigenvalue weighted by molar-refractivity contribution is -0.307. The molecular formula is C29H36O14. The summed E-state index contributed by atoms with van der Waals surface area (Å²) in [5.74, 6) is 0.0304. The van der Waals surface area contributed by atoms with E-state index in [9.17, 15) is 40.5 Å². The first-order valence-electron chi connectivity index (χ1n) is 13.8. The highest BCUT2D eigenvalue weighted by atomic mass is 16.7. The number of carbonyl (C=O) groups excluding carboxylic acids is 1. The number of methoxy groups -OCH3 is 1. The third-order valence-corrected chi connectivity index (χ3v) is 8.02. The fourth-order valence-electron chi connectivity index (χ4n) is 5.40. The van der Waals surface area contributed by atoms with Gasteiger partial charge in [-0.25, -0.2) is 0 Å². The summed E-state index contributed by atoms with van der Waals surface area (Å²) >= 11 is 0. The molecule has 0 saturated carbocycles. The van der Waals surface area contributed by atoms with Gasteiger partial charge in [-0.05, 0) is 31.5 Å². The standard InChI is InChI=1S/C29H36O14/c1-11-20(32)19-15(30)8-17(13-4-6-14(38-3)7-5-13)41-27(19)12(2)26(11)43-29-25(37)23(35)22(34)18(42-29)10-40-28-24(36)21(33)16(31)9-39-28/h4-7,16-18,21-25,28-29,31-37H,8-10H2,1-3H3/t16-,17-,18?,21-,22+,23-,24?,25?,28-,29-/m0/s1. The number of benzene rings is 2. The molecule has 5 rings (SSSR count). The molecule has 43 heavy (non-hydrogen) atoms. The van der Waals surface area contributed by atoms with E-state index < -0.39 is 68.0 Å². The van der Waals surface area contributed by atoms with E-state index in [1.807, 2.05) is 0 Å². The molecule has 0 bridgehead atoms. The summed E-state index contributed by atoms with van der Waals surface area (Å²) in [7, 11) is 1.54. The molecule has 2 fully saturated rings. The van der Waals surface area contributed by atoms with Crippen molar-refractivity contribution in [2.75, 3.05) is 20.3 Å². The van der Waals surface area contributed by atoms with Crippen molar-refractivity contribution in [3.8, 4) is 23.0 Å². The van der Waals surface area contributed by atoms with E-state index in [0.29, 0.717) is 16.9 Å². The minimum absolute atomic E-state index is 0.00250. The number of fused-ring (bicyclic) bond motifs is 1. The van der Waals surface area contributed by atoms with Crippen LogP contribution in [0.25, 0.3) is 0 Å². The molecule has 0 radical (unpaired) electrons. The van der Waals surface area contributed by atoms with Gasteiger partial charge in [-0.1, -0.05) is 12.1 Å². The number of ether oxygens (including phenoxy) is 6. The Bertz CT molecular complexity index is 1320. The minimum atomic E-state index is -1.75. The zero-order chi connectivity index (χ0) is 31.2. The van der Waals surface area contributed by atoms with Crippen LogP contribution < -0.4 is 14.2 Å². The van der Waals surface area contributed by atoms with Crippen LogP contribution in [-0.2, 0) is 14.2 Å². The average molecular weight is 609 g/mol. The highest BCUT2D eigenvalue weighted by Crippen LogP contribution is 2.48. The molecule has 3 aliphatic heterocycles. The van der Waals surface area contributed by atoms with Crippen LogP contribution in [0.5, 0.6) is 23.0 Å². The van der Waals surface area contributed by atoms with E-state index in [1.165, 1.54) is 14.0 Å². The Morgan fingerprint density at radius 2 is 1.56 bits per heavy atom. The van der Waals surface area contributed by atoms with Crippen LogP contribution in [0.3, 0.4) is 0 Å². The number of carbonyl (C=O) groups is 1. The normalized spacial score (nSPS) is 34.3. The van der Waals surface area contributed by atoms with Crippen molar-refractivity contribution in [1.82, 2.24) is 0 Å². The second-order valence-electron chi connectivity index (χ2n) is 10.9. The van der Waals surface area contributed by atoms with E-state index in [2.05, 4.69) is 0 Å². The number of aliphatic hydroxyl groups is 6. The lowest BCUT2D eigenvalue weighted by atomic mass is 9.91. The third kappa shape index (κ3) is 5.90. The van der Waals surface area contributed by atoms with Gasteiger partial charge >= 0.3 is 0 Å². The highest BCUT2D eigenvalue weighted by molar-refractivity contribution is 6.03. The van der Waals surface area contributed by atoms with Gasteiger partial charge in [0.25, 0.3) is 0 Å². The molecule has 3 aliphatic rings. The molecule has 0 aliphatic carbocycles. The molecule has 7 N–H and O–H groups in total. The van der Waals surface area contributed by atoms with Crippen LogP contribution in [0.2, 0.25) is 0 Å². The summed E-state index contributed by atoms with van der Waals surface area (Å²) in [6.07, 6.45) is -14.5. The topological polar surface area (TPSA) is 214 Å². The van der Waals surface area contributed by atoms with Gasteiger partial charge < -0.3 is 64.2 Å². The molecule has 236 valence electrons. The van der Waals surface area contributed by atoms with Gasteiger partial charge in [0, 0.05) is 11.1 Å². The predicted molar refractivity (Wildman–Crippen MR) is 144 cm³/mol. The molecule has 2 aromatic carbocycles. The van der Waals surface area contributed by atoms with Crippen LogP contribution in [0.1, 0.15) is 39.6 Å². The van der Waals surface area contributed by atoms with Gasteiger partial charge in [-0.3, -0.25) is 4.79 Å². The SMILES string of the molecule is COc1ccc([C@@H]2CC(=O)c3c(O)c(C)c(O[C@@H]4OC(CO[C@@H]5OC[C@H](O)[C@H](O)C5O)[C@@H](O)[C@H](O)C4O)c(C)c3O2)cc1. The summed E-state index contributed by atoms with van der Waals surface area (Å²) in [6.45, 7) is 2.33. The molecule has 3 unspecified atom stereocenters. The maximum Gasteiger partial charge on any atom is 0.229 e. The summed E-state index contributed by atoms with van der Waals surface area (Å²) in [5.41, 5.74) is 1.19. The number of aromatic hydroxyl groups is 1. The van der Waals surface area contributed by atoms with E-state index in [1.54, 1.807) is 31.2 Å². The Morgan fingerprint density at radius 1 is 0.884 bits per heavy atom. The summed E-state index contributed by atoms with van der Waals surface area (Å²) < 4.78 is 33.7. The quantitative estimate of drug-likeness (QED) is 0.208. The largest absolute Gasteiger partial charge is 0.507 e. The number of rotatable bonds is 7. The number of ketones is 1. The maximum absolute atomic E-state index is 13.2. The Labute approximate surface area is 246 Å².